The van der Waals surface area contributed by atoms with Crippen LogP contribution in [0.25, 0.3) is 0 Å². The number of hydrogen-bond acceptors (Lipinski definition) is 4. The molecule has 0 N–H and O–H groups in total. The molecule has 20 heavy (non-hydrogen) atoms. The van der Waals surface area contributed by atoms with Gasteiger partial charge in [0.05, 0.1) is 10.4 Å². The lowest BCUT2D eigenvalue weighted by Crippen LogP contribution is -2.50. The van der Waals surface area contributed by atoms with Crippen LogP contribution in [0.1, 0.15) is 47.8 Å². The van der Waals surface area contributed by atoms with Crippen molar-refractivity contribution >= 4 is 17.1 Å². The van der Waals surface area contributed by atoms with E-state index in [2.05, 4.69) is 9.88 Å². The SMILES string of the molecule is CCC(C)(C(=O)c1cnc(C(F)(F)F)s1)N1CCCC1. The predicted molar refractivity (Wildman–Crippen MR) is 70.9 cm³/mol. The molecule has 1 unspecified atom stereocenters. The van der Waals surface area contributed by atoms with E-state index in [1.165, 1.54) is 0 Å². The van der Waals surface area contributed by atoms with Crippen molar-refractivity contribution in [1.29, 1.82) is 0 Å². The monoisotopic (exact) mass is 306 g/mol. The molecule has 1 aromatic heterocycles. The van der Waals surface area contributed by atoms with Crippen LogP contribution in [0.3, 0.4) is 0 Å². The van der Waals surface area contributed by atoms with Gasteiger partial charge in [-0.15, -0.1) is 11.3 Å². The predicted octanol–water partition coefficient (Wildman–Crippen LogP) is 3.61. The van der Waals surface area contributed by atoms with Crippen LogP contribution in [0.2, 0.25) is 0 Å². The van der Waals surface area contributed by atoms with E-state index in [1.54, 1.807) is 0 Å². The molecule has 0 saturated carbocycles. The van der Waals surface area contributed by atoms with Gasteiger partial charge in [0.1, 0.15) is 0 Å². The number of hydrogen-bond donors (Lipinski definition) is 0. The van der Waals surface area contributed by atoms with Gasteiger partial charge >= 0.3 is 6.18 Å². The second kappa shape index (κ2) is 5.44. The summed E-state index contributed by atoms with van der Waals surface area (Å²) in [5.41, 5.74) is -0.730. The Morgan fingerprint density at radius 1 is 1.40 bits per heavy atom. The van der Waals surface area contributed by atoms with Gasteiger partial charge in [-0.05, 0) is 39.3 Å². The molecular formula is C13H17F3N2OS. The van der Waals surface area contributed by atoms with Gasteiger partial charge in [0.2, 0.25) is 0 Å². The van der Waals surface area contributed by atoms with E-state index in [0.29, 0.717) is 17.8 Å². The van der Waals surface area contributed by atoms with Gasteiger partial charge < -0.3 is 0 Å². The van der Waals surface area contributed by atoms with Gasteiger partial charge in [-0.25, -0.2) is 4.98 Å². The quantitative estimate of drug-likeness (QED) is 0.797. The van der Waals surface area contributed by atoms with Gasteiger partial charge in [0.15, 0.2) is 10.8 Å². The molecule has 1 aromatic rings. The molecule has 2 rings (SSSR count). The van der Waals surface area contributed by atoms with E-state index >= 15 is 0 Å². The minimum atomic E-state index is -4.49. The van der Waals surface area contributed by atoms with Crippen molar-refractivity contribution < 1.29 is 18.0 Å². The number of carbonyl (C=O) groups is 1. The summed E-state index contributed by atoms with van der Waals surface area (Å²) in [4.78, 5) is 18.1. The van der Waals surface area contributed by atoms with Crippen molar-refractivity contribution in [2.75, 3.05) is 13.1 Å². The zero-order valence-corrected chi connectivity index (χ0v) is 12.3. The van der Waals surface area contributed by atoms with Crippen molar-refractivity contribution in [3.8, 4) is 0 Å². The van der Waals surface area contributed by atoms with E-state index in [4.69, 9.17) is 0 Å². The summed E-state index contributed by atoms with van der Waals surface area (Å²) >= 11 is 0.437. The van der Waals surface area contributed by atoms with Crippen molar-refractivity contribution in [1.82, 2.24) is 9.88 Å². The van der Waals surface area contributed by atoms with E-state index < -0.39 is 16.7 Å². The first kappa shape index (κ1) is 15.4. The summed E-state index contributed by atoms with van der Waals surface area (Å²) < 4.78 is 37.7. The van der Waals surface area contributed by atoms with Crippen LogP contribution in [0.5, 0.6) is 0 Å². The molecule has 1 aliphatic heterocycles. The molecule has 0 amide bonds. The molecule has 0 bridgehead atoms. The summed E-state index contributed by atoms with van der Waals surface area (Å²) in [6.45, 7) is 5.34. The van der Waals surface area contributed by atoms with Crippen LogP contribution >= 0.6 is 11.3 Å². The Kier molecular flexibility index (Phi) is 4.20. The Morgan fingerprint density at radius 3 is 2.45 bits per heavy atom. The number of ketones is 1. The first-order valence-electron chi connectivity index (χ1n) is 6.62. The second-order valence-electron chi connectivity index (χ2n) is 5.18. The number of halogens is 3. The largest absolute Gasteiger partial charge is 0.443 e. The maximum atomic E-state index is 12.6. The lowest BCUT2D eigenvalue weighted by atomic mass is 9.90. The molecule has 2 heterocycles. The molecule has 1 aliphatic rings. The molecule has 0 spiro atoms. The second-order valence-corrected chi connectivity index (χ2v) is 6.21. The van der Waals surface area contributed by atoms with Crippen LogP contribution < -0.4 is 0 Å². The average molecular weight is 306 g/mol. The zero-order chi connectivity index (χ0) is 15.0. The fourth-order valence-corrected chi connectivity index (χ4v) is 3.36. The number of likely N-dealkylation sites (tertiary alicyclic amines) is 1. The Balaban J connectivity index is 2.26. The number of carbonyl (C=O) groups excluding carboxylic acids is 1. The Morgan fingerprint density at radius 2 is 2.00 bits per heavy atom. The Labute approximate surface area is 119 Å². The molecule has 1 atom stereocenters. The smallest absolute Gasteiger partial charge is 0.291 e. The van der Waals surface area contributed by atoms with Crippen molar-refractivity contribution in [3.63, 3.8) is 0 Å². The van der Waals surface area contributed by atoms with E-state index in [1.807, 2.05) is 13.8 Å². The molecule has 0 aliphatic carbocycles. The van der Waals surface area contributed by atoms with E-state index in [0.717, 1.165) is 32.1 Å². The van der Waals surface area contributed by atoms with E-state index in [-0.39, 0.29) is 10.7 Å². The standard InChI is InChI=1S/C13H17F3N2OS/c1-3-12(2,18-6-4-5-7-18)10(19)9-8-17-11(20-9)13(14,15)16/h8H,3-7H2,1-2H3. The van der Waals surface area contributed by atoms with Gasteiger partial charge in [-0.2, -0.15) is 13.2 Å². The highest BCUT2D eigenvalue weighted by atomic mass is 32.1. The number of aromatic nitrogens is 1. The summed E-state index contributed by atoms with van der Waals surface area (Å²) in [6, 6.07) is 0. The Bertz CT molecular complexity index is 494. The fraction of sp³-hybridized carbons (Fsp3) is 0.692. The molecule has 3 nitrogen and oxygen atoms in total. The number of nitrogens with zero attached hydrogens (tertiary/aromatic N) is 2. The first-order valence-corrected chi connectivity index (χ1v) is 7.43. The van der Waals surface area contributed by atoms with Crippen LogP contribution in [-0.2, 0) is 6.18 Å². The fourth-order valence-electron chi connectivity index (χ4n) is 2.51. The topological polar surface area (TPSA) is 33.2 Å². The average Bonchev–Trinajstić information content (AvgIpc) is 3.06. The van der Waals surface area contributed by atoms with Crippen LogP contribution in [0.15, 0.2) is 6.20 Å². The highest BCUT2D eigenvalue weighted by molar-refractivity contribution is 7.13. The minimum absolute atomic E-state index is 0.0913. The molecular weight excluding hydrogens is 289 g/mol. The van der Waals surface area contributed by atoms with Gasteiger partial charge in [0.25, 0.3) is 0 Å². The van der Waals surface area contributed by atoms with Gasteiger partial charge in [-0.3, -0.25) is 9.69 Å². The van der Waals surface area contributed by atoms with E-state index in [9.17, 15) is 18.0 Å². The molecule has 0 radical (unpaired) electrons. The molecule has 7 heteroatoms. The maximum Gasteiger partial charge on any atom is 0.443 e. The zero-order valence-electron chi connectivity index (χ0n) is 11.5. The number of Topliss-reactive ketones (excluding diaryl/α,β-unsaturated/α-hetero) is 1. The lowest BCUT2D eigenvalue weighted by molar-refractivity contribution is -0.137. The van der Waals surface area contributed by atoms with Crippen molar-refractivity contribution in [2.24, 2.45) is 0 Å². The van der Waals surface area contributed by atoms with Crippen LogP contribution in [0, 0.1) is 0 Å². The Hall–Kier alpha value is -0.950. The lowest BCUT2D eigenvalue weighted by Gasteiger charge is -2.36. The van der Waals surface area contributed by atoms with Crippen molar-refractivity contribution in [2.45, 2.75) is 44.8 Å². The number of thiazole rings is 1. The first-order chi connectivity index (χ1) is 9.29. The molecule has 112 valence electrons. The number of alkyl halides is 3. The summed E-state index contributed by atoms with van der Waals surface area (Å²) in [6.07, 6.45) is -0.803. The summed E-state index contributed by atoms with van der Waals surface area (Å²) in [5, 5.41) is -0.958. The highest BCUT2D eigenvalue weighted by Crippen LogP contribution is 2.35. The maximum absolute atomic E-state index is 12.6. The van der Waals surface area contributed by atoms with Gasteiger partial charge in [-0.1, -0.05) is 6.92 Å². The van der Waals surface area contributed by atoms with Gasteiger partial charge in [0, 0.05) is 6.20 Å². The highest BCUT2D eigenvalue weighted by Gasteiger charge is 2.42. The third kappa shape index (κ3) is 2.74. The normalized spacial score (nSPS) is 20.1. The summed E-state index contributed by atoms with van der Waals surface area (Å²) in [5.74, 6) is -0.255. The van der Waals surface area contributed by atoms with Crippen LogP contribution in [-0.4, -0.2) is 34.3 Å². The minimum Gasteiger partial charge on any atom is -0.291 e. The third-order valence-corrected chi connectivity index (χ3v) is 4.99. The van der Waals surface area contributed by atoms with Crippen molar-refractivity contribution in [3.05, 3.63) is 16.1 Å². The summed E-state index contributed by atoms with van der Waals surface area (Å²) in [7, 11) is 0. The van der Waals surface area contributed by atoms with Crippen LogP contribution in [0.4, 0.5) is 13.2 Å². The molecule has 0 aromatic carbocycles. The third-order valence-electron chi connectivity index (χ3n) is 3.95. The number of rotatable bonds is 4. The molecule has 1 saturated heterocycles. The molecule has 1 fully saturated rings.